The van der Waals surface area contributed by atoms with Crippen molar-refractivity contribution >= 4 is 27.7 Å². The maximum absolute atomic E-state index is 13.1. The van der Waals surface area contributed by atoms with Crippen LogP contribution in [0.3, 0.4) is 0 Å². The largest absolute Gasteiger partial charge is 0.352 e. The minimum Gasteiger partial charge on any atom is -0.352 e. The van der Waals surface area contributed by atoms with E-state index in [2.05, 4.69) is 21.2 Å². The van der Waals surface area contributed by atoms with Gasteiger partial charge in [0.05, 0.1) is 6.42 Å². The van der Waals surface area contributed by atoms with Crippen molar-refractivity contribution in [3.8, 4) is 0 Å². The molecular weight excluding hydrogens is 404 g/mol. The molecule has 0 aliphatic rings. The summed E-state index contributed by atoms with van der Waals surface area (Å²) >= 11 is 3.47. The van der Waals surface area contributed by atoms with E-state index < -0.39 is 6.04 Å². The normalized spacial score (nSPS) is 11.9. The van der Waals surface area contributed by atoms with Gasteiger partial charge in [-0.2, -0.15) is 0 Å². The SMILES string of the molecule is Cc1ccccc1CC(=O)N(Cc1cccc(Br)c1)[C@H](C)C(=O)NC(C)C. The Morgan fingerprint density at radius 3 is 2.41 bits per heavy atom. The molecule has 0 radical (unpaired) electrons. The van der Waals surface area contributed by atoms with Crippen molar-refractivity contribution in [1.29, 1.82) is 0 Å². The molecule has 0 spiro atoms. The minimum absolute atomic E-state index is 0.0270. The molecule has 0 saturated heterocycles. The van der Waals surface area contributed by atoms with Crippen LogP contribution < -0.4 is 5.32 Å². The molecule has 0 heterocycles. The zero-order valence-corrected chi connectivity index (χ0v) is 17.9. The highest BCUT2D eigenvalue weighted by Crippen LogP contribution is 2.17. The van der Waals surface area contributed by atoms with Gasteiger partial charge in [-0.1, -0.05) is 52.3 Å². The summed E-state index contributed by atoms with van der Waals surface area (Å²) in [6.07, 6.45) is 0.278. The lowest BCUT2D eigenvalue weighted by Crippen LogP contribution is -2.49. The number of nitrogens with one attached hydrogen (secondary N) is 1. The van der Waals surface area contributed by atoms with Crippen molar-refractivity contribution in [2.75, 3.05) is 0 Å². The monoisotopic (exact) mass is 430 g/mol. The second-order valence-electron chi connectivity index (χ2n) is 7.09. The molecule has 0 aliphatic carbocycles. The van der Waals surface area contributed by atoms with Gasteiger partial charge >= 0.3 is 0 Å². The molecule has 4 nitrogen and oxygen atoms in total. The number of halogens is 1. The predicted octanol–water partition coefficient (Wildman–Crippen LogP) is 4.24. The van der Waals surface area contributed by atoms with Crippen LogP contribution in [-0.2, 0) is 22.6 Å². The van der Waals surface area contributed by atoms with Gasteiger partial charge in [0, 0.05) is 17.1 Å². The van der Waals surface area contributed by atoms with E-state index in [-0.39, 0.29) is 24.3 Å². The molecule has 2 rings (SSSR count). The van der Waals surface area contributed by atoms with Gasteiger partial charge in [-0.25, -0.2) is 0 Å². The van der Waals surface area contributed by atoms with Crippen LogP contribution in [0.15, 0.2) is 53.0 Å². The summed E-state index contributed by atoms with van der Waals surface area (Å²) in [4.78, 5) is 27.3. The lowest BCUT2D eigenvalue weighted by molar-refractivity contribution is -0.140. The first kappa shape index (κ1) is 21.2. The molecule has 0 fully saturated rings. The van der Waals surface area contributed by atoms with Gasteiger partial charge < -0.3 is 10.2 Å². The maximum atomic E-state index is 13.1. The van der Waals surface area contributed by atoms with Crippen LogP contribution in [0, 0.1) is 6.92 Å². The highest BCUT2D eigenvalue weighted by molar-refractivity contribution is 9.10. The predicted molar refractivity (Wildman–Crippen MR) is 112 cm³/mol. The maximum Gasteiger partial charge on any atom is 0.242 e. The van der Waals surface area contributed by atoms with Gasteiger partial charge in [-0.05, 0) is 56.5 Å². The molecule has 2 aromatic rings. The van der Waals surface area contributed by atoms with Gasteiger partial charge in [0.2, 0.25) is 11.8 Å². The lowest BCUT2D eigenvalue weighted by Gasteiger charge is -2.29. The number of aryl methyl sites for hydroxylation is 1. The number of nitrogens with zero attached hydrogens (tertiary/aromatic N) is 1. The number of amides is 2. The first-order valence-corrected chi connectivity index (χ1v) is 9.96. The molecule has 1 N–H and O–H groups in total. The summed E-state index contributed by atoms with van der Waals surface area (Å²) < 4.78 is 0.950. The van der Waals surface area contributed by atoms with Crippen molar-refractivity contribution in [3.63, 3.8) is 0 Å². The Kier molecular flexibility index (Phi) is 7.60. The summed E-state index contributed by atoms with van der Waals surface area (Å²) in [5.74, 6) is -0.200. The Balaban J connectivity index is 2.26. The third kappa shape index (κ3) is 6.21. The van der Waals surface area contributed by atoms with Crippen LogP contribution >= 0.6 is 15.9 Å². The Morgan fingerprint density at radius 2 is 1.78 bits per heavy atom. The van der Waals surface area contributed by atoms with E-state index in [1.54, 1.807) is 11.8 Å². The van der Waals surface area contributed by atoms with Crippen LogP contribution in [0.4, 0.5) is 0 Å². The van der Waals surface area contributed by atoms with Crippen LogP contribution in [0.2, 0.25) is 0 Å². The fourth-order valence-corrected chi connectivity index (χ4v) is 3.34. The number of benzene rings is 2. The molecule has 0 bridgehead atoms. The highest BCUT2D eigenvalue weighted by atomic mass is 79.9. The van der Waals surface area contributed by atoms with Crippen LogP contribution in [0.5, 0.6) is 0 Å². The minimum atomic E-state index is -0.553. The van der Waals surface area contributed by atoms with Crippen molar-refractivity contribution in [1.82, 2.24) is 10.2 Å². The molecule has 0 aliphatic heterocycles. The number of carbonyl (C=O) groups is 2. The molecule has 2 amide bonds. The molecule has 0 saturated carbocycles. The van der Waals surface area contributed by atoms with Gasteiger partial charge in [-0.15, -0.1) is 0 Å². The standard InChI is InChI=1S/C22H27BrN2O2/c1-15(2)24-22(27)17(4)25(14-18-9-7-11-20(23)12-18)21(26)13-19-10-6-5-8-16(19)3/h5-12,15,17H,13-14H2,1-4H3,(H,24,27)/t17-/m1/s1. The Hall–Kier alpha value is -2.14. The first-order valence-electron chi connectivity index (χ1n) is 9.16. The van der Waals surface area contributed by atoms with Crippen molar-refractivity contribution in [2.24, 2.45) is 0 Å². The molecular formula is C22H27BrN2O2. The molecule has 1 atom stereocenters. The number of hydrogen-bond donors (Lipinski definition) is 1. The summed E-state index contributed by atoms with van der Waals surface area (Å²) in [5, 5.41) is 2.91. The number of hydrogen-bond acceptors (Lipinski definition) is 2. The van der Waals surface area contributed by atoms with Crippen LogP contribution in [0.25, 0.3) is 0 Å². The van der Waals surface area contributed by atoms with Crippen molar-refractivity contribution in [3.05, 3.63) is 69.7 Å². The molecule has 0 aromatic heterocycles. The zero-order chi connectivity index (χ0) is 20.0. The molecule has 0 unspecified atom stereocenters. The van der Waals surface area contributed by atoms with Crippen LogP contribution in [0.1, 0.15) is 37.5 Å². The zero-order valence-electron chi connectivity index (χ0n) is 16.3. The quantitative estimate of drug-likeness (QED) is 0.713. The van der Waals surface area contributed by atoms with E-state index in [9.17, 15) is 9.59 Å². The fourth-order valence-electron chi connectivity index (χ4n) is 2.89. The van der Waals surface area contributed by atoms with Gasteiger partial charge in [-0.3, -0.25) is 9.59 Å². The Labute approximate surface area is 170 Å². The second-order valence-corrected chi connectivity index (χ2v) is 8.01. The van der Waals surface area contributed by atoms with E-state index in [1.165, 1.54) is 0 Å². The van der Waals surface area contributed by atoms with Gasteiger partial charge in [0.1, 0.15) is 6.04 Å². The topological polar surface area (TPSA) is 49.4 Å². The highest BCUT2D eigenvalue weighted by Gasteiger charge is 2.26. The van der Waals surface area contributed by atoms with Crippen molar-refractivity contribution < 1.29 is 9.59 Å². The summed E-state index contributed by atoms with van der Waals surface area (Å²) in [5.41, 5.74) is 3.04. The third-order valence-corrected chi connectivity index (χ3v) is 4.94. The molecule has 144 valence electrons. The summed E-state index contributed by atoms with van der Waals surface area (Å²) in [6.45, 7) is 8.00. The summed E-state index contributed by atoms with van der Waals surface area (Å²) in [6, 6.07) is 15.1. The second kappa shape index (κ2) is 9.70. The first-order chi connectivity index (χ1) is 12.8. The molecule has 5 heteroatoms. The van der Waals surface area contributed by atoms with E-state index in [0.29, 0.717) is 6.54 Å². The van der Waals surface area contributed by atoms with E-state index in [4.69, 9.17) is 0 Å². The lowest BCUT2D eigenvalue weighted by atomic mass is 10.0. The van der Waals surface area contributed by atoms with E-state index in [0.717, 1.165) is 21.2 Å². The average molecular weight is 431 g/mol. The molecule has 2 aromatic carbocycles. The number of carbonyl (C=O) groups excluding carboxylic acids is 2. The van der Waals surface area contributed by atoms with E-state index in [1.807, 2.05) is 69.3 Å². The fraction of sp³-hybridized carbons (Fsp3) is 0.364. The van der Waals surface area contributed by atoms with Gasteiger partial charge in [0.15, 0.2) is 0 Å². The van der Waals surface area contributed by atoms with Crippen LogP contribution in [-0.4, -0.2) is 28.8 Å². The Bertz CT molecular complexity index is 804. The third-order valence-electron chi connectivity index (χ3n) is 4.44. The number of rotatable bonds is 7. The van der Waals surface area contributed by atoms with Crippen molar-refractivity contribution in [2.45, 2.75) is 52.7 Å². The Morgan fingerprint density at radius 1 is 1.07 bits per heavy atom. The molecule has 27 heavy (non-hydrogen) atoms. The van der Waals surface area contributed by atoms with E-state index >= 15 is 0 Å². The smallest absolute Gasteiger partial charge is 0.242 e. The van der Waals surface area contributed by atoms with Gasteiger partial charge in [0.25, 0.3) is 0 Å². The summed E-state index contributed by atoms with van der Waals surface area (Å²) in [7, 11) is 0. The average Bonchev–Trinajstić information content (AvgIpc) is 2.60.